The average Bonchev–Trinajstić information content (AvgIpc) is 3.58. The Labute approximate surface area is 307 Å². The van der Waals surface area contributed by atoms with Crippen LogP contribution in [0, 0.1) is 52.3 Å². The lowest BCUT2D eigenvalue weighted by atomic mass is 9.44. The van der Waals surface area contributed by atoms with Gasteiger partial charge < -0.3 is 64.2 Å². The molecule has 4 saturated heterocycles. The zero-order valence-electron chi connectivity index (χ0n) is 31.2. The quantitative estimate of drug-likeness (QED) is 0.194. The van der Waals surface area contributed by atoms with Crippen LogP contribution in [0.3, 0.4) is 0 Å². The Morgan fingerprint density at radius 1 is 0.673 bits per heavy atom. The lowest BCUT2D eigenvalue weighted by Gasteiger charge is -2.61. The van der Waals surface area contributed by atoms with E-state index in [-0.39, 0.29) is 23.0 Å². The molecule has 0 radical (unpaired) electrons. The summed E-state index contributed by atoms with van der Waals surface area (Å²) in [7, 11) is 0. The third kappa shape index (κ3) is 5.98. The van der Waals surface area contributed by atoms with Gasteiger partial charge in [-0.15, -0.1) is 0 Å². The summed E-state index contributed by atoms with van der Waals surface area (Å²) in [6.45, 7) is 9.33. The Kier molecular flexibility index (Phi) is 10.4. The topological polar surface area (TPSA) is 197 Å². The molecule has 8 fully saturated rings. The number of hydrogen-bond acceptors (Lipinski definition) is 13. The van der Waals surface area contributed by atoms with Crippen LogP contribution in [0.5, 0.6) is 0 Å². The molecule has 52 heavy (non-hydrogen) atoms. The third-order valence-corrected chi connectivity index (χ3v) is 16.2. The van der Waals surface area contributed by atoms with Crippen molar-refractivity contribution in [2.75, 3.05) is 19.8 Å². The normalized spacial score (nSPS) is 59.0. The first-order valence-corrected chi connectivity index (χ1v) is 20.3. The lowest BCUT2D eigenvalue weighted by Crippen LogP contribution is -2.65. The van der Waals surface area contributed by atoms with Crippen molar-refractivity contribution in [2.24, 2.45) is 52.3 Å². The molecule has 4 aliphatic carbocycles. The van der Waals surface area contributed by atoms with E-state index >= 15 is 0 Å². The molecule has 4 saturated carbocycles. The minimum absolute atomic E-state index is 0.168. The summed E-state index contributed by atoms with van der Waals surface area (Å²) in [6, 6.07) is 0. The number of fused-ring (bicyclic) bond motifs is 7. The molecule has 13 nitrogen and oxygen atoms in total. The van der Waals surface area contributed by atoms with Crippen LogP contribution < -0.4 is 0 Å². The Balaban J connectivity index is 0.942. The van der Waals surface area contributed by atoms with Crippen LogP contribution in [0.25, 0.3) is 0 Å². The van der Waals surface area contributed by atoms with Crippen molar-refractivity contribution in [3.63, 3.8) is 0 Å². The monoisotopic (exact) mass is 740 g/mol. The highest BCUT2D eigenvalue weighted by Crippen LogP contribution is 2.71. The van der Waals surface area contributed by atoms with E-state index in [2.05, 4.69) is 27.7 Å². The van der Waals surface area contributed by atoms with Crippen LogP contribution in [0.15, 0.2) is 0 Å². The smallest absolute Gasteiger partial charge is 0.187 e. The van der Waals surface area contributed by atoms with Gasteiger partial charge >= 0.3 is 0 Å². The molecule has 8 unspecified atom stereocenters. The second-order valence-electron chi connectivity index (χ2n) is 18.7. The van der Waals surface area contributed by atoms with Gasteiger partial charge in [0.05, 0.1) is 32.0 Å². The summed E-state index contributed by atoms with van der Waals surface area (Å²) in [5.74, 6) is 3.51. The standard InChI is InChI=1S/C39H64O13/c1-18-7-12-39(47-17-18)19(2)28-25(52-39)14-24-22-6-5-20-13-21(8-10-37(20,3)23(22)9-11-38(24,28)4)48-36-34(32(45)30(43)27(16-41)50-36)51-35-33(46)31(44)29(42)26(15-40)49-35/h18-36,40-46H,5-17H2,1-4H3/t18?,19-,20?,21-,22?,23?,24?,25?,26+,27+,28?,29+,30+,31-,32-,33+,34+,35?,36+,37-,38-,39+/m0/s1. The molecule has 0 aromatic carbocycles. The second kappa shape index (κ2) is 14.1. The van der Waals surface area contributed by atoms with Gasteiger partial charge in [0.2, 0.25) is 0 Å². The fraction of sp³-hybridized carbons (Fsp3) is 1.00. The first-order chi connectivity index (χ1) is 24.7. The van der Waals surface area contributed by atoms with Gasteiger partial charge in [0.15, 0.2) is 18.4 Å². The molecule has 1 spiro atoms. The summed E-state index contributed by atoms with van der Waals surface area (Å²) in [5.41, 5.74) is 0.425. The first-order valence-electron chi connectivity index (χ1n) is 20.3. The van der Waals surface area contributed by atoms with Gasteiger partial charge in [-0.2, -0.15) is 0 Å². The number of rotatable bonds is 6. The van der Waals surface area contributed by atoms with Crippen LogP contribution in [-0.4, -0.2) is 135 Å². The SMILES string of the molecule is CC1CC[C@@]2(OC1)OC1CC3C4CCC5C[C@@H](O[C@@H]6O[C@H](CO)[C@@H](O)[C@H](O)[C@H]6OC6O[C@H](CO)[C@@H](O)[C@H](O)[C@H]6O)CC[C@]5(C)C4CC[C@]3(C)C1[C@@H]2C. The van der Waals surface area contributed by atoms with Crippen LogP contribution >= 0.6 is 0 Å². The molecule has 22 atom stereocenters. The summed E-state index contributed by atoms with van der Waals surface area (Å²) in [5, 5.41) is 72.7. The number of hydrogen-bond donors (Lipinski definition) is 7. The third-order valence-electron chi connectivity index (χ3n) is 16.2. The van der Waals surface area contributed by atoms with E-state index in [4.69, 9.17) is 28.4 Å². The van der Waals surface area contributed by atoms with E-state index in [0.29, 0.717) is 41.4 Å². The van der Waals surface area contributed by atoms with Crippen molar-refractivity contribution >= 4 is 0 Å². The summed E-state index contributed by atoms with van der Waals surface area (Å²) < 4.78 is 37.5. The summed E-state index contributed by atoms with van der Waals surface area (Å²) in [4.78, 5) is 0. The molecule has 4 aliphatic heterocycles. The Morgan fingerprint density at radius 3 is 2.06 bits per heavy atom. The molecule has 8 aliphatic rings. The number of aliphatic hydroxyl groups is 7. The van der Waals surface area contributed by atoms with Crippen molar-refractivity contribution in [1.82, 2.24) is 0 Å². The highest BCUT2D eigenvalue weighted by molar-refractivity contribution is 5.15. The lowest BCUT2D eigenvalue weighted by molar-refractivity contribution is -0.373. The highest BCUT2D eigenvalue weighted by Gasteiger charge is 2.69. The molecule has 4 heterocycles. The van der Waals surface area contributed by atoms with Crippen molar-refractivity contribution in [2.45, 2.75) is 171 Å². The maximum atomic E-state index is 11.1. The minimum Gasteiger partial charge on any atom is -0.394 e. The van der Waals surface area contributed by atoms with Gasteiger partial charge in [-0.3, -0.25) is 0 Å². The van der Waals surface area contributed by atoms with Crippen LogP contribution in [0.2, 0.25) is 0 Å². The molecule has 0 bridgehead atoms. The molecular formula is C39H64O13. The van der Waals surface area contributed by atoms with E-state index in [1.54, 1.807) is 0 Å². The molecule has 8 rings (SSSR count). The largest absolute Gasteiger partial charge is 0.394 e. The Bertz CT molecular complexity index is 1260. The van der Waals surface area contributed by atoms with E-state index < -0.39 is 80.4 Å². The molecule has 7 N–H and O–H groups in total. The van der Waals surface area contributed by atoms with E-state index in [1.165, 1.54) is 25.7 Å². The van der Waals surface area contributed by atoms with E-state index in [9.17, 15) is 35.7 Å². The minimum atomic E-state index is -1.71. The molecule has 13 heteroatoms. The fourth-order valence-corrected chi connectivity index (χ4v) is 13.2. The average molecular weight is 741 g/mol. The van der Waals surface area contributed by atoms with Crippen molar-refractivity contribution in [3.05, 3.63) is 0 Å². The number of ether oxygens (including phenoxy) is 6. The van der Waals surface area contributed by atoms with E-state index in [1.807, 2.05) is 0 Å². The van der Waals surface area contributed by atoms with Gasteiger partial charge in [-0.1, -0.05) is 27.7 Å². The zero-order valence-corrected chi connectivity index (χ0v) is 31.2. The molecule has 0 amide bonds. The maximum absolute atomic E-state index is 11.1. The van der Waals surface area contributed by atoms with Crippen LogP contribution in [-0.2, 0) is 28.4 Å². The van der Waals surface area contributed by atoms with Gasteiger partial charge in [-0.05, 0) is 104 Å². The zero-order chi connectivity index (χ0) is 36.9. The van der Waals surface area contributed by atoms with Crippen molar-refractivity contribution in [3.8, 4) is 0 Å². The van der Waals surface area contributed by atoms with Gasteiger partial charge in [0.25, 0.3) is 0 Å². The van der Waals surface area contributed by atoms with Crippen molar-refractivity contribution in [1.29, 1.82) is 0 Å². The predicted molar refractivity (Wildman–Crippen MR) is 183 cm³/mol. The van der Waals surface area contributed by atoms with Crippen LogP contribution in [0.4, 0.5) is 0 Å². The molecule has 0 aromatic rings. The van der Waals surface area contributed by atoms with Gasteiger partial charge in [0.1, 0.15) is 48.8 Å². The predicted octanol–water partition coefficient (Wildman–Crippen LogP) is 1.44. The van der Waals surface area contributed by atoms with E-state index in [0.717, 1.165) is 45.1 Å². The fourth-order valence-electron chi connectivity index (χ4n) is 13.2. The van der Waals surface area contributed by atoms with Gasteiger partial charge in [-0.25, -0.2) is 0 Å². The first kappa shape index (κ1) is 38.4. The maximum Gasteiger partial charge on any atom is 0.187 e. The van der Waals surface area contributed by atoms with Crippen molar-refractivity contribution < 1.29 is 64.2 Å². The molecular weight excluding hydrogens is 676 g/mol. The molecule has 298 valence electrons. The van der Waals surface area contributed by atoms with Crippen LogP contribution in [0.1, 0.15) is 91.9 Å². The number of aliphatic hydroxyl groups excluding tert-OH is 7. The summed E-state index contributed by atoms with van der Waals surface area (Å²) >= 11 is 0. The van der Waals surface area contributed by atoms with Gasteiger partial charge in [0, 0.05) is 12.3 Å². The second-order valence-corrected chi connectivity index (χ2v) is 18.7. The Morgan fingerprint density at radius 2 is 1.37 bits per heavy atom. The highest BCUT2D eigenvalue weighted by atomic mass is 16.8. The Hall–Kier alpha value is -0.520. The molecule has 0 aromatic heterocycles. The summed E-state index contributed by atoms with van der Waals surface area (Å²) in [6.07, 6.45) is -3.88.